The van der Waals surface area contributed by atoms with E-state index in [1.165, 1.54) is 29.8 Å². The molecule has 0 bridgehead atoms. The van der Waals surface area contributed by atoms with Crippen LogP contribution in [0.25, 0.3) is 0 Å². The molecule has 0 saturated carbocycles. The van der Waals surface area contributed by atoms with Crippen LogP contribution in [0.4, 0.5) is 4.39 Å². The van der Waals surface area contributed by atoms with Crippen LogP contribution in [0, 0.1) is 5.82 Å². The summed E-state index contributed by atoms with van der Waals surface area (Å²) in [5, 5.41) is 3.33. The fourth-order valence-corrected chi connectivity index (χ4v) is 2.37. The summed E-state index contributed by atoms with van der Waals surface area (Å²) in [7, 11) is 0. The van der Waals surface area contributed by atoms with E-state index >= 15 is 0 Å². The van der Waals surface area contributed by atoms with Crippen LogP contribution >= 0.6 is 38.5 Å². The molecule has 4 heteroatoms. The van der Waals surface area contributed by atoms with Gasteiger partial charge in [-0.1, -0.05) is 41.1 Å². The van der Waals surface area contributed by atoms with Crippen molar-refractivity contribution < 1.29 is 4.39 Å². The first-order valence-electron chi connectivity index (χ1n) is 5.45. The summed E-state index contributed by atoms with van der Waals surface area (Å²) in [6.45, 7) is 1.72. The van der Waals surface area contributed by atoms with Crippen LogP contribution in [0.15, 0.2) is 22.7 Å². The van der Waals surface area contributed by atoms with Crippen LogP contribution in [-0.4, -0.2) is 11.0 Å². The van der Waals surface area contributed by atoms with Crippen LogP contribution in [0.3, 0.4) is 0 Å². The van der Waals surface area contributed by atoms with Gasteiger partial charge in [0.05, 0.1) is 4.47 Å². The summed E-state index contributed by atoms with van der Waals surface area (Å²) in [6.07, 6.45) is 3.74. The number of hydrogen-bond acceptors (Lipinski definition) is 1. The summed E-state index contributed by atoms with van der Waals surface area (Å²) in [4.78, 5) is 0. The van der Waals surface area contributed by atoms with Crippen molar-refractivity contribution in [2.24, 2.45) is 0 Å². The summed E-state index contributed by atoms with van der Waals surface area (Å²) in [5.41, 5.74) is 0.980. The maximum absolute atomic E-state index is 13.2. The summed E-state index contributed by atoms with van der Waals surface area (Å²) < 4.78 is 15.0. The number of rotatable bonds is 7. The zero-order valence-electron chi connectivity index (χ0n) is 9.11. The molecule has 0 aliphatic carbocycles. The topological polar surface area (TPSA) is 12.0 Å². The Labute approximate surface area is 118 Å². The quantitative estimate of drug-likeness (QED) is 0.410. The van der Waals surface area contributed by atoms with E-state index in [2.05, 4.69) is 43.8 Å². The van der Waals surface area contributed by atoms with Gasteiger partial charge in [0.15, 0.2) is 0 Å². The second-order valence-corrected chi connectivity index (χ2v) is 5.51. The van der Waals surface area contributed by atoms with Crippen LogP contribution in [0.5, 0.6) is 0 Å². The molecule has 0 amide bonds. The first kappa shape index (κ1) is 14.4. The van der Waals surface area contributed by atoms with Gasteiger partial charge >= 0.3 is 0 Å². The van der Waals surface area contributed by atoms with Crippen molar-refractivity contribution in [1.82, 2.24) is 5.32 Å². The maximum Gasteiger partial charge on any atom is 0.137 e. The third kappa shape index (κ3) is 5.10. The second kappa shape index (κ2) is 8.42. The average molecular weight is 400 g/mol. The van der Waals surface area contributed by atoms with E-state index in [-0.39, 0.29) is 5.82 Å². The number of hydrogen-bond donors (Lipinski definition) is 1. The number of halogens is 3. The molecule has 0 spiro atoms. The Kier molecular flexibility index (Phi) is 7.56. The van der Waals surface area contributed by atoms with Gasteiger partial charge in [0, 0.05) is 6.54 Å². The highest BCUT2D eigenvalue weighted by Crippen LogP contribution is 2.19. The fourth-order valence-electron chi connectivity index (χ4n) is 1.43. The van der Waals surface area contributed by atoms with Gasteiger partial charge in [0.2, 0.25) is 0 Å². The van der Waals surface area contributed by atoms with Crippen molar-refractivity contribution in [1.29, 1.82) is 0 Å². The smallest absolute Gasteiger partial charge is 0.137 e. The van der Waals surface area contributed by atoms with Crippen LogP contribution in [0.2, 0.25) is 0 Å². The SMILES string of the molecule is Fc1cccc(CNCCCCCI)c1Br. The number of nitrogens with one attached hydrogen (secondary N) is 1. The van der Waals surface area contributed by atoms with Gasteiger partial charge in [-0.25, -0.2) is 4.39 Å². The highest BCUT2D eigenvalue weighted by molar-refractivity contribution is 14.1. The van der Waals surface area contributed by atoms with Gasteiger partial charge in [-0.05, 0) is 51.4 Å². The van der Waals surface area contributed by atoms with Gasteiger partial charge in [-0.3, -0.25) is 0 Å². The van der Waals surface area contributed by atoms with Gasteiger partial charge in [-0.2, -0.15) is 0 Å². The van der Waals surface area contributed by atoms with Crippen molar-refractivity contribution in [2.45, 2.75) is 25.8 Å². The monoisotopic (exact) mass is 399 g/mol. The van der Waals surface area contributed by atoms with Gasteiger partial charge in [0.25, 0.3) is 0 Å². The van der Waals surface area contributed by atoms with E-state index in [1.54, 1.807) is 6.07 Å². The van der Waals surface area contributed by atoms with Crippen molar-refractivity contribution in [3.63, 3.8) is 0 Å². The Balaban J connectivity index is 2.24. The summed E-state index contributed by atoms with van der Waals surface area (Å²) in [6, 6.07) is 5.15. The predicted molar refractivity (Wildman–Crippen MR) is 78.5 cm³/mol. The Hall–Kier alpha value is 0.320. The molecule has 0 radical (unpaired) electrons. The van der Waals surface area contributed by atoms with E-state index in [1.807, 2.05) is 6.07 Å². The number of unbranched alkanes of at least 4 members (excludes halogenated alkanes) is 2. The molecule has 0 heterocycles. The lowest BCUT2D eigenvalue weighted by Gasteiger charge is -2.07. The van der Waals surface area contributed by atoms with Crippen molar-refractivity contribution in [3.05, 3.63) is 34.1 Å². The molecule has 0 aliphatic rings. The molecule has 1 rings (SSSR count). The van der Waals surface area contributed by atoms with Crippen molar-refractivity contribution >= 4 is 38.5 Å². The molecule has 90 valence electrons. The molecule has 1 aromatic carbocycles. The molecular formula is C12H16BrFIN. The van der Waals surface area contributed by atoms with E-state index < -0.39 is 0 Å². The van der Waals surface area contributed by atoms with Crippen LogP contribution in [-0.2, 0) is 6.54 Å². The van der Waals surface area contributed by atoms with E-state index in [4.69, 9.17) is 0 Å². The number of alkyl halides is 1. The van der Waals surface area contributed by atoms with E-state index in [9.17, 15) is 4.39 Å². The Morgan fingerprint density at radius 1 is 1.25 bits per heavy atom. The minimum absolute atomic E-state index is 0.191. The summed E-state index contributed by atoms with van der Waals surface area (Å²) in [5.74, 6) is -0.191. The number of benzene rings is 1. The third-order valence-corrected chi connectivity index (χ3v) is 3.99. The average Bonchev–Trinajstić information content (AvgIpc) is 2.29. The molecule has 1 N–H and O–H groups in total. The van der Waals surface area contributed by atoms with E-state index in [0.717, 1.165) is 18.7 Å². The largest absolute Gasteiger partial charge is 0.313 e. The zero-order valence-corrected chi connectivity index (χ0v) is 12.9. The normalized spacial score (nSPS) is 10.7. The Morgan fingerprint density at radius 3 is 2.81 bits per heavy atom. The molecule has 0 atom stereocenters. The van der Waals surface area contributed by atoms with E-state index in [0.29, 0.717) is 4.47 Å². The lowest BCUT2D eigenvalue weighted by atomic mass is 10.2. The maximum atomic E-state index is 13.2. The third-order valence-electron chi connectivity index (χ3n) is 2.33. The lowest BCUT2D eigenvalue weighted by Crippen LogP contribution is -2.15. The fraction of sp³-hybridized carbons (Fsp3) is 0.500. The minimum Gasteiger partial charge on any atom is -0.313 e. The van der Waals surface area contributed by atoms with Crippen molar-refractivity contribution in [2.75, 3.05) is 11.0 Å². The van der Waals surface area contributed by atoms with Gasteiger partial charge < -0.3 is 5.32 Å². The molecule has 0 saturated heterocycles. The van der Waals surface area contributed by atoms with Gasteiger partial charge in [0.1, 0.15) is 5.82 Å². The molecule has 1 nitrogen and oxygen atoms in total. The molecule has 1 aromatic rings. The van der Waals surface area contributed by atoms with Gasteiger partial charge in [-0.15, -0.1) is 0 Å². The highest BCUT2D eigenvalue weighted by Gasteiger charge is 2.03. The van der Waals surface area contributed by atoms with Crippen molar-refractivity contribution in [3.8, 4) is 0 Å². The minimum atomic E-state index is -0.191. The molecule has 0 aromatic heterocycles. The Bertz CT molecular complexity index is 320. The first-order valence-corrected chi connectivity index (χ1v) is 7.77. The molecule has 16 heavy (non-hydrogen) atoms. The summed E-state index contributed by atoms with van der Waals surface area (Å²) >= 11 is 5.66. The molecule has 0 unspecified atom stereocenters. The lowest BCUT2D eigenvalue weighted by molar-refractivity contribution is 0.600. The first-order chi connectivity index (χ1) is 7.75. The molecule has 0 aliphatic heterocycles. The van der Waals surface area contributed by atoms with Crippen LogP contribution < -0.4 is 5.32 Å². The predicted octanol–water partition coefficient (Wildman–Crippen LogP) is 4.28. The zero-order chi connectivity index (χ0) is 11.8. The standard InChI is InChI=1S/C12H16BrFIN/c13-12-10(5-4-6-11(12)14)9-16-8-3-1-2-7-15/h4-6,16H,1-3,7-9H2. The van der Waals surface area contributed by atoms with Crippen LogP contribution in [0.1, 0.15) is 24.8 Å². The molecule has 0 fully saturated rings. The second-order valence-electron chi connectivity index (χ2n) is 3.64. The molecular weight excluding hydrogens is 384 g/mol. The highest BCUT2D eigenvalue weighted by atomic mass is 127. The Morgan fingerprint density at radius 2 is 2.06 bits per heavy atom.